The van der Waals surface area contributed by atoms with Crippen LogP contribution in [0, 0.1) is 5.82 Å². The van der Waals surface area contributed by atoms with E-state index in [1.807, 2.05) is 0 Å². The summed E-state index contributed by atoms with van der Waals surface area (Å²) in [6.07, 6.45) is -4.65. The van der Waals surface area contributed by atoms with Crippen molar-refractivity contribution in [1.29, 1.82) is 0 Å². The van der Waals surface area contributed by atoms with E-state index in [9.17, 15) is 27.5 Å². The van der Waals surface area contributed by atoms with Crippen LogP contribution in [0.1, 0.15) is 27.6 Å². The average molecular weight is 343 g/mol. The van der Waals surface area contributed by atoms with Crippen molar-refractivity contribution in [3.63, 3.8) is 0 Å². The van der Waals surface area contributed by atoms with Crippen molar-refractivity contribution in [3.05, 3.63) is 52.9 Å². The largest absolute Gasteiger partial charge is 0.449 e. The molecule has 128 valence electrons. The number of imidazole rings is 1. The maximum absolute atomic E-state index is 13.7. The first kappa shape index (κ1) is 16.4. The number of aromatic nitrogens is 2. The van der Waals surface area contributed by atoms with Gasteiger partial charge in [0.15, 0.2) is 0 Å². The van der Waals surface area contributed by atoms with Crippen LogP contribution in [0.4, 0.5) is 17.6 Å². The number of benzene rings is 1. The van der Waals surface area contributed by atoms with E-state index >= 15 is 0 Å². The lowest BCUT2D eigenvalue weighted by Gasteiger charge is -2.29. The number of hydrogen-bond acceptors (Lipinski definition) is 3. The zero-order valence-electron chi connectivity index (χ0n) is 12.3. The maximum Gasteiger partial charge on any atom is 0.449 e. The highest BCUT2D eigenvalue weighted by Gasteiger charge is 2.40. The van der Waals surface area contributed by atoms with Gasteiger partial charge in [-0.25, -0.2) is 9.37 Å². The number of alkyl halides is 3. The minimum absolute atomic E-state index is 0.00945. The van der Waals surface area contributed by atoms with Crippen molar-refractivity contribution >= 4 is 5.91 Å². The Kier molecular flexibility index (Phi) is 4.04. The topological polar surface area (TPSA) is 58.4 Å². The van der Waals surface area contributed by atoms with Crippen LogP contribution in [0.2, 0.25) is 0 Å². The Bertz CT molecular complexity index is 786. The second kappa shape index (κ2) is 5.90. The summed E-state index contributed by atoms with van der Waals surface area (Å²) in [6, 6.07) is 5.41. The Morgan fingerprint density at radius 3 is 2.58 bits per heavy atom. The van der Waals surface area contributed by atoms with Crippen molar-refractivity contribution in [2.45, 2.75) is 25.9 Å². The number of amides is 1. The van der Waals surface area contributed by atoms with Crippen LogP contribution in [-0.4, -0.2) is 32.0 Å². The van der Waals surface area contributed by atoms with Crippen LogP contribution in [0.5, 0.6) is 0 Å². The predicted molar refractivity (Wildman–Crippen MR) is 74.3 cm³/mol. The predicted octanol–water partition coefficient (Wildman–Crippen LogP) is 2.19. The molecule has 1 aromatic carbocycles. The fourth-order valence-corrected chi connectivity index (χ4v) is 2.76. The van der Waals surface area contributed by atoms with Crippen molar-refractivity contribution in [3.8, 4) is 0 Å². The Balaban J connectivity index is 1.94. The van der Waals surface area contributed by atoms with Crippen molar-refractivity contribution in [2.75, 3.05) is 6.54 Å². The first-order valence-electron chi connectivity index (χ1n) is 7.13. The van der Waals surface area contributed by atoms with Gasteiger partial charge in [-0.3, -0.25) is 4.79 Å². The van der Waals surface area contributed by atoms with Gasteiger partial charge in [-0.05, 0) is 12.1 Å². The first-order chi connectivity index (χ1) is 11.3. The van der Waals surface area contributed by atoms with Gasteiger partial charge in [0.1, 0.15) is 5.82 Å². The van der Waals surface area contributed by atoms with Gasteiger partial charge in [0, 0.05) is 13.1 Å². The Morgan fingerprint density at radius 1 is 1.25 bits per heavy atom. The Hall–Kier alpha value is -2.42. The standard InChI is InChI=1S/C15H13F4N3O2/c16-10-4-2-1-3-9(10)13(24)21-5-6-22-12(7-21)11(8-23)20-14(22)15(17,18)19/h1-4,23H,5-8H2. The van der Waals surface area contributed by atoms with E-state index in [4.69, 9.17) is 0 Å². The summed E-state index contributed by atoms with van der Waals surface area (Å²) in [6.45, 7) is -0.985. The summed E-state index contributed by atoms with van der Waals surface area (Å²) in [5.41, 5.74) is -0.166. The molecule has 1 aliphatic heterocycles. The van der Waals surface area contributed by atoms with Crippen LogP contribution in [0.15, 0.2) is 24.3 Å². The molecule has 0 unspecified atom stereocenters. The number of halogens is 4. The molecule has 5 nitrogen and oxygen atoms in total. The molecule has 2 aromatic rings. The highest BCUT2D eigenvalue weighted by atomic mass is 19.4. The molecule has 9 heteroatoms. The van der Waals surface area contributed by atoms with Crippen LogP contribution < -0.4 is 0 Å². The van der Waals surface area contributed by atoms with Gasteiger partial charge >= 0.3 is 6.18 Å². The number of carbonyl (C=O) groups excluding carboxylic acids is 1. The van der Waals surface area contributed by atoms with Gasteiger partial charge in [-0.15, -0.1) is 0 Å². The van der Waals surface area contributed by atoms with E-state index in [0.29, 0.717) is 0 Å². The smallest absolute Gasteiger partial charge is 0.390 e. The van der Waals surface area contributed by atoms with Gasteiger partial charge in [0.05, 0.1) is 30.1 Å². The van der Waals surface area contributed by atoms with Crippen molar-refractivity contribution in [1.82, 2.24) is 14.5 Å². The zero-order chi connectivity index (χ0) is 17.5. The fraction of sp³-hybridized carbons (Fsp3) is 0.333. The second-order valence-electron chi connectivity index (χ2n) is 5.34. The van der Waals surface area contributed by atoms with Gasteiger partial charge < -0.3 is 14.6 Å². The number of fused-ring (bicyclic) bond motifs is 1. The van der Waals surface area contributed by atoms with E-state index < -0.39 is 30.3 Å². The summed E-state index contributed by atoms with van der Waals surface area (Å²) in [5.74, 6) is -2.41. The summed E-state index contributed by atoms with van der Waals surface area (Å²) in [4.78, 5) is 17.1. The van der Waals surface area contributed by atoms with Crippen LogP contribution in [0.25, 0.3) is 0 Å². The number of nitrogens with zero attached hydrogens (tertiary/aromatic N) is 3. The molecule has 1 aromatic heterocycles. The average Bonchev–Trinajstić information content (AvgIpc) is 2.92. The molecule has 0 spiro atoms. The summed E-state index contributed by atoms with van der Waals surface area (Å²) >= 11 is 0. The number of carbonyl (C=O) groups is 1. The summed E-state index contributed by atoms with van der Waals surface area (Å²) in [5, 5.41) is 9.25. The highest BCUT2D eigenvalue weighted by molar-refractivity contribution is 5.94. The van der Waals surface area contributed by atoms with Crippen LogP contribution in [0.3, 0.4) is 0 Å². The van der Waals surface area contributed by atoms with E-state index in [1.54, 1.807) is 0 Å². The molecule has 1 amide bonds. The monoisotopic (exact) mass is 343 g/mol. The number of aliphatic hydroxyl groups excluding tert-OH is 1. The molecule has 2 heterocycles. The molecule has 0 aliphatic carbocycles. The van der Waals surface area contributed by atoms with Crippen LogP contribution in [-0.2, 0) is 25.9 Å². The molecule has 0 radical (unpaired) electrons. The van der Waals surface area contributed by atoms with Gasteiger partial charge in [-0.1, -0.05) is 12.1 Å². The summed E-state index contributed by atoms with van der Waals surface area (Å²) in [7, 11) is 0. The number of hydrogen-bond donors (Lipinski definition) is 1. The lowest BCUT2D eigenvalue weighted by Crippen LogP contribution is -2.39. The van der Waals surface area contributed by atoms with E-state index in [0.717, 1.165) is 10.6 Å². The van der Waals surface area contributed by atoms with Crippen LogP contribution >= 0.6 is 0 Å². The van der Waals surface area contributed by atoms with Crippen molar-refractivity contribution < 1.29 is 27.5 Å². The molecular weight excluding hydrogens is 330 g/mol. The third kappa shape index (κ3) is 2.75. The molecule has 0 fully saturated rings. The second-order valence-corrected chi connectivity index (χ2v) is 5.34. The van der Waals surface area contributed by atoms with E-state index in [1.165, 1.54) is 23.1 Å². The quantitative estimate of drug-likeness (QED) is 0.851. The lowest BCUT2D eigenvalue weighted by molar-refractivity contribution is -0.147. The van der Waals surface area contributed by atoms with Gasteiger partial charge in [0.2, 0.25) is 5.82 Å². The molecule has 24 heavy (non-hydrogen) atoms. The first-order valence-corrected chi connectivity index (χ1v) is 7.13. The molecule has 0 bridgehead atoms. The van der Waals surface area contributed by atoms with Gasteiger partial charge in [0.25, 0.3) is 5.91 Å². The normalized spacial score (nSPS) is 14.6. The van der Waals surface area contributed by atoms with Crippen molar-refractivity contribution in [2.24, 2.45) is 0 Å². The third-order valence-corrected chi connectivity index (χ3v) is 3.88. The minimum atomic E-state index is -4.65. The highest BCUT2D eigenvalue weighted by Crippen LogP contribution is 2.32. The van der Waals surface area contributed by atoms with E-state index in [2.05, 4.69) is 4.98 Å². The molecule has 3 rings (SSSR count). The lowest BCUT2D eigenvalue weighted by atomic mass is 10.1. The third-order valence-electron chi connectivity index (χ3n) is 3.88. The molecule has 0 saturated heterocycles. The van der Waals surface area contributed by atoms with Gasteiger partial charge in [-0.2, -0.15) is 13.2 Å². The summed E-state index contributed by atoms with van der Waals surface area (Å²) < 4.78 is 53.7. The Labute approximate surface area is 134 Å². The van der Waals surface area contributed by atoms with E-state index in [-0.39, 0.29) is 36.6 Å². The SMILES string of the molecule is O=C(c1ccccc1F)N1CCn2c(C(F)(F)F)nc(CO)c2C1. The zero-order valence-corrected chi connectivity index (χ0v) is 12.3. The molecule has 0 atom stereocenters. The molecule has 1 N–H and O–H groups in total. The molecule has 0 saturated carbocycles. The number of aliphatic hydroxyl groups is 1. The minimum Gasteiger partial charge on any atom is -0.390 e. The number of rotatable bonds is 2. The maximum atomic E-state index is 13.7. The fourth-order valence-electron chi connectivity index (χ4n) is 2.76. The molecule has 1 aliphatic rings. The Morgan fingerprint density at radius 2 is 1.96 bits per heavy atom. The molecular formula is C15H13F4N3O2.